The third kappa shape index (κ3) is 4.12. The van der Waals surface area contributed by atoms with Crippen LogP contribution in [0.2, 0.25) is 0 Å². The quantitative estimate of drug-likeness (QED) is 0.746. The molecule has 3 heterocycles. The minimum Gasteiger partial charge on any atom is -0.311 e. The lowest BCUT2D eigenvalue weighted by Crippen LogP contribution is -2.17. The number of nitrogens with zero attached hydrogens (tertiary/aromatic N) is 3. The first-order valence-electron chi connectivity index (χ1n) is 7.06. The summed E-state index contributed by atoms with van der Waals surface area (Å²) < 4.78 is 22.2. The Morgan fingerprint density at radius 2 is 2.08 bits per heavy atom. The molecule has 7 nitrogen and oxygen atoms in total. The van der Waals surface area contributed by atoms with Gasteiger partial charge in [-0.15, -0.1) is 0 Å². The minimum absolute atomic E-state index is 0.0951. The Balaban J connectivity index is 1.78. The number of anilines is 1. The van der Waals surface area contributed by atoms with Crippen molar-refractivity contribution < 1.29 is 13.2 Å². The molecule has 0 saturated carbocycles. The summed E-state index contributed by atoms with van der Waals surface area (Å²) in [5.41, 5.74) is 1.63. The first kappa shape index (κ1) is 16.5. The first-order chi connectivity index (χ1) is 11.4. The van der Waals surface area contributed by atoms with Gasteiger partial charge in [-0.1, -0.05) is 11.3 Å². The van der Waals surface area contributed by atoms with Gasteiger partial charge in [0, 0.05) is 30.6 Å². The van der Waals surface area contributed by atoms with E-state index in [1.807, 2.05) is 12.1 Å². The van der Waals surface area contributed by atoms with E-state index in [9.17, 15) is 13.2 Å². The van der Waals surface area contributed by atoms with Crippen LogP contribution in [0.3, 0.4) is 0 Å². The van der Waals surface area contributed by atoms with E-state index in [1.165, 1.54) is 11.3 Å². The van der Waals surface area contributed by atoms with Gasteiger partial charge in [0.15, 0.2) is 0 Å². The summed E-state index contributed by atoms with van der Waals surface area (Å²) in [4.78, 5) is 25.4. The number of nitrogens with one attached hydrogen (secondary N) is 1. The van der Waals surface area contributed by atoms with Crippen molar-refractivity contribution in [3.63, 3.8) is 0 Å². The molecule has 1 N–H and O–H groups in total. The number of pyridine rings is 2. The van der Waals surface area contributed by atoms with Crippen LogP contribution in [-0.2, 0) is 14.6 Å². The van der Waals surface area contributed by atoms with Gasteiger partial charge < -0.3 is 5.32 Å². The normalized spacial score (nSPS) is 11.5. The standard InChI is InChI=1S/C15H14N4O3S2/c1-24(21,22)8-6-13(20)18-12-5-4-11-15(19-12)23-14(17-11)10-3-2-7-16-9-10/h2-5,7,9H,6,8H2,1H3,(H,18,19,20). The fourth-order valence-corrected chi connectivity index (χ4v) is 3.47. The molecule has 0 saturated heterocycles. The average Bonchev–Trinajstić information content (AvgIpc) is 2.96. The van der Waals surface area contributed by atoms with Gasteiger partial charge in [-0.3, -0.25) is 9.78 Å². The van der Waals surface area contributed by atoms with Gasteiger partial charge in [0.2, 0.25) is 5.91 Å². The van der Waals surface area contributed by atoms with Crippen LogP contribution in [0.5, 0.6) is 0 Å². The lowest BCUT2D eigenvalue weighted by atomic mass is 10.3. The summed E-state index contributed by atoms with van der Waals surface area (Å²) in [7, 11) is -3.17. The van der Waals surface area contributed by atoms with E-state index in [4.69, 9.17) is 0 Å². The van der Waals surface area contributed by atoms with Crippen LogP contribution >= 0.6 is 11.3 Å². The zero-order valence-corrected chi connectivity index (χ0v) is 14.4. The molecular weight excluding hydrogens is 348 g/mol. The van der Waals surface area contributed by atoms with Crippen LogP contribution in [0.4, 0.5) is 5.82 Å². The van der Waals surface area contributed by atoms with Crippen molar-refractivity contribution in [1.82, 2.24) is 15.0 Å². The highest BCUT2D eigenvalue weighted by Crippen LogP contribution is 2.29. The number of rotatable bonds is 5. The molecule has 0 aliphatic carbocycles. The van der Waals surface area contributed by atoms with Crippen LogP contribution in [-0.4, -0.2) is 41.3 Å². The first-order valence-corrected chi connectivity index (χ1v) is 9.94. The van der Waals surface area contributed by atoms with E-state index in [0.29, 0.717) is 10.6 Å². The van der Waals surface area contributed by atoms with E-state index in [2.05, 4.69) is 20.3 Å². The van der Waals surface area contributed by atoms with Crippen LogP contribution in [0.15, 0.2) is 36.7 Å². The van der Waals surface area contributed by atoms with Crippen LogP contribution < -0.4 is 5.32 Å². The number of hydrogen-bond acceptors (Lipinski definition) is 7. The molecule has 1 amide bonds. The Bertz CT molecular complexity index is 984. The molecule has 0 aliphatic rings. The molecule has 0 aromatic carbocycles. The zero-order chi connectivity index (χ0) is 17.2. The van der Waals surface area contributed by atoms with Gasteiger partial charge >= 0.3 is 0 Å². The van der Waals surface area contributed by atoms with Crippen LogP contribution in [0.25, 0.3) is 20.9 Å². The highest BCUT2D eigenvalue weighted by Gasteiger charge is 2.11. The van der Waals surface area contributed by atoms with Crippen molar-refractivity contribution in [2.24, 2.45) is 0 Å². The van der Waals surface area contributed by atoms with E-state index in [-0.39, 0.29) is 18.1 Å². The monoisotopic (exact) mass is 362 g/mol. The largest absolute Gasteiger partial charge is 0.311 e. The van der Waals surface area contributed by atoms with E-state index in [0.717, 1.165) is 22.3 Å². The maximum Gasteiger partial charge on any atom is 0.226 e. The number of carbonyl (C=O) groups is 1. The fourth-order valence-electron chi connectivity index (χ4n) is 1.98. The van der Waals surface area contributed by atoms with Crippen molar-refractivity contribution in [3.8, 4) is 10.6 Å². The summed E-state index contributed by atoms with van der Waals surface area (Å²) in [5.74, 6) is -0.195. The lowest BCUT2D eigenvalue weighted by molar-refractivity contribution is -0.115. The molecule has 0 unspecified atom stereocenters. The molecule has 9 heteroatoms. The number of fused-ring (bicyclic) bond motifs is 1. The Hall–Kier alpha value is -2.39. The number of sulfone groups is 1. The Kier molecular flexibility index (Phi) is 4.54. The average molecular weight is 362 g/mol. The Morgan fingerprint density at radius 3 is 2.79 bits per heavy atom. The maximum absolute atomic E-state index is 11.8. The SMILES string of the molecule is CS(=O)(=O)CCC(=O)Nc1ccc2nc(-c3cccnc3)sc2n1. The Morgan fingerprint density at radius 1 is 1.25 bits per heavy atom. The minimum atomic E-state index is -3.17. The third-order valence-corrected chi connectivity index (χ3v) is 5.09. The predicted octanol–water partition coefficient (Wildman–Crippen LogP) is 2.13. The van der Waals surface area contributed by atoms with E-state index < -0.39 is 9.84 Å². The summed E-state index contributed by atoms with van der Waals surface area (Å²) in [6.45, 7) is 0. The third-order valence-electron chi connectivity index (χ3n) is 3.13. The lowest BCUT2D eigenvalue weighted by Gasteiger charge is -2.03. The van der Waals surface area contributed by atoms with Gasteiger partial charge in [0.05, 0.1) is 5.75 Å². The number of aromatic nitrogens is 3. The predicted molar refractivity (Wildman–Crippen MR) is 93.6 cm³/mol. The number of thiazole rings is 1. The van der Waals surface area contributed by atoms with Crippen molar-refractivity contribution in [2.45, 2.75) is 6.42 Å². The number of hydrogen-bond donors (Lipinski definition) is 1. The summed E-state index contributed by atoms with van der Waals surface area (Å²) in [5, 5.41) is 3.41. The molecule has 0 fully saturated rings. The number of amides is 1. The maximum atomic E-state index is 11.8. The molecule has 0 atom stereocenters. The van der Waals surface area contributed by atoms with E-state index >= 15 is 0 Å². The van der Waals surface area contributed by atoms with Crippen LogP contribution in [0.1, 0.15) is 6.42 Å². The van der Waals surface area contributed by atoms with Gasteiger partial charge in [-0.25, -0.2) is 18.4 Å². The van der Waals surface area contributed by atoms with Crippen molar-refractivity contribution in [3.05, 3.63) is 36.7 Å². The molecule has 3 aromatic rings. The summed E-state index contributed by atoms with van der Waals surface area (Å²) in [6, 6.07) is 7.17. The van der Waals surface area contributed by atoms with Gasteiger partial charge in [0.25, 0.3) is 0 Å². The molecular formula is C15H14N4O3S2. The van der Waals surface area contributed by atoms with Gasteiger partial charge in [-0.05, 0) is 24.3 Å². The van der Waals surface area contributed by atoms with Crippen molar-refractivity contribution >= 4 is 43.2 Å². The van der Waals surface area contributed by atoms with Crippen molar-refractivity contribution in [2.75, 3.05) is 17.3 Å². The highest BCUT2D eigenvalue weighted by molar-refractivity contribution is 7.90. The summed E-state index contributed by atoms with van der Waals surface area (Å²) >= 11 is 1.40. The highest BCUT2D eigenvalue weighted by atomic mass is 32.2. The van der Waals surface area contributed by atoms with Gasteiger partial charge in [0.1, 0.15) is 31.0 Å². The molecule has 0 bridgehead atoms. The molecule has 124 valence electrons. The zero-order valence-electron chi connectivity index (χ0n) is 12.8. The molecule has 3 aromatic heterocycles. The van der Waals surface area contributed by atoms with E-state index in [1.54, 1.807) is 24.5 Å². The second-order valence-electron chi connectivity index (χ2n) is 5.21. The molecule has 0 radical (unpaired) electrons. The molecule has 0 aliphatic heterocycles. The molecule has 3 rings (SSSR count). The topological polar surface area (TPSA) is 102 Å². The molecule has 24 heavy (non-hydrogen) atoms. The van der Waals surface area contributed by atoms with Crippen LogP contribution in [0, 0.1) is 0 Å². The Labute approximate surface area is 142 Å². The van der Waals surface area contributed by atoms with Gasteiger partial charge in [-0.2, -0.15) is 0 Å². The second kappa shape index (κ2) is 6.62. The smallest absolute Gasteiger partial charge is 0.226 e. The fraction of sp³-hybridized carbons (Fsp3) is 0.200. The summed E-state index contributed by atoms with van der Waals surface area (Å²) in [6.07, 6.45) is 4.43. The second-order valence-corrected chi connectivity index (χ2v) is 8.45. The van der Waals surface area contributed by atoms with Crippen molar-refractivity contribution in [1.29, 1.82) is 0 Å². The number of carbonyl (C=O) groups excluding carboxylic acids is 1. The molecule has 0 spiro atoms.